The lowest BCUT2D eigenvalue weighted by Crippen LogP contribution is -1.88. The predicted octanol–water partition coefficient (Wildman–Crippen LogP) is 5.03. The van der Waals surface area contributed by atoms with E-state index >= 15 is 0 Å². The fraction of sp³-hybridized carbons (Fsp3) is 1.00. The van der Waals surface area contributed by atoms with Crippen LogP contribution in [0.25, 0.3) is 0 Å². The van der Waals surface area contributed by atoms with Gasteiger partial charge in [0.05, 0.1) is 0 Å². The Morgan fingerprint density at radius 3 is 1.32 bits per heavy atom. The summed E-state index contributed by atoms with van der Waals surface area (Å²) >= 11 is 0. The summed E-state index contributed by atoms with van der Waals surface area (Å²) in [4.78, 5) is 17.4. The predicted molar refractivity (Wildman–Crippen MR) is 83.0 cm³/mol. The molecule has 0 bridgehead atoms. The van der Waals surface area contributed by atoms with E-state index in [0.717, 1.165) is 12.8 Å². The first-order valence-electron chi connectivity index (χ1n) is 7.61. The normalized spacial score (nSPS) is 11.3. The second-order valence-electron chi connectivity index (χ2n) is 5.28. The average molecular weight is 295 g/mol. The third-order valence-electron chi connectivity index (χ3n) is 3.30. The molecule has 0 saturated heterocycles. The first-order chi connectivity index (χ1) is 8.56. The largest absolute Gasteiger partial charge is 0.344 e. The van der Waals surface area contributed by atoms with Crippen LogP contribution < -0.4 is 6.15 Å². The van der Waals surface area contributed by atoms with E-state index in [1.165, 1.54) is 57.8 Å². The molecule has 0 amide bonds. The van der Waals surface area contributed by atoms with Gasteiger partial charge in [0.25, 0.3) is 0 Å². The Bertz CT molecular complexity index is 219. The highest BCUT2D eigenvalue weighted by atomic mass is 31.2. The van der Waals surface area contributed by atoms with E-state index in [0.29, 0.717) is 6.42 Å². The molecular weight excluding hydrogens is 261 g/mol. The fourth-order valence-electron chi connectivity index (χ4n) is 2.16. The van der Waals surface area contributed by atoms with Crippen molar-refractivity contribution in [1.82, 2.24) is 6.15 Å². The minimum atomic E-state index is -3.75. The molecule has 0 unspecified atom stereocenters. The van der Waals surface area contributed by atoms with E-state index in [9.17, 15) is 4.57 Å². The molecule has 0 aromatic carbocycles. The smallest absolute Gasteiger partial charge is 0.325 e. The molecule has 5 N–H and O–H groups in total. The summed E-state index contributed by atoms with van der Waals surface area (Å²) < 4.78 is 10.6. The second kappa shape index (κ2) is 14.5. The van der Waals surface area contributed by atoms with Crippen LogP contribution in [0.2, 0.25) is 0 Å². The van der Waals surface area contributed by atoms with Crippen LogP contribution in [0.4, 0.5) is 0 Å². The lowest BCUT2D eigenvalue weighted by atomic mass is 10.1. The zero-order chi connectivity index (χ0) is 13.7. The molecule has 0 spiro atoms. The summed E-state index contributed by atoms with van der Waals surface area (Å²) in [5, 5.41) is 0. The highest BCUT2D eigenvalue weighted by Crippen LogP contribution is 2.35. The van der Waals surface area contributed by atoms with E-state index in [4.69, 9.17) is 9.79 Å². The molecule has 19 heavy (non-hydrogen) atoms. The highest BCUT2D eigenvalue weighted by Gasteiger charge is 2.10. The Balaban J connectivity index is 0. The van der Waals surface area contributed by atoms with Gasteiger partial charge in [0, 0.05) is 6.16 Å². The summed E-state index contributed by atoms with van der Waals surface area (Å²) in [5.41, 5.74) is 0. The maximum absolute atomic E-state index is 10.6. The highest BCUT2D eigenvalue weighted by molar-refractivity contribution is 7.51. The van der Waals surface area contributed by atoms with Gasteiger partial charge in [-0.05, 0) is 6.42 Å². The molecule has 118 valence electrons. The van der Waals surface area contributed by atoms with Crippen molar-refractivity contribution in [3.8, 4) is 0 Å². The molecule has 0 atom stereocenters. The average Bonchev–Trinajstić information content (AvgIpc) is 2.29. The summed E-state index contributed by atoms with van der Waals surface area (Å²) in [5.74, 6) is 0. The number of hydrogen-bond acceptors (Lipinski definition) is 2. The molecule has 0 fully saturated rings. The molecular formula is C14H34NO3P. The van der Waals surface area contributed by atoms with Gasteiger partial charge in [-0.15, -0.1) is 0 Å². The Hall–Kier alpha value is 0.110. The van der Waals surface area contributed by atoms with Crippen molar-refractivity contribution in [1.29, 1.82) is 0 Å². The molecule has 0 radical (unpaired) electrons. The maximum atomic E-state index is 10.6. The summed E-state index contributed by atoms with van der Waals surface area (Å²) in [7, 11) is -3.75. The van der Waals surface area contributed by atoms with Gasteiger partial charge in [0.2, 0.25) is 0 Å². The van der Waals surface area contributed by atoms with Crippen molar-refractivity contribution in [2.24, 2.45) is 0 Å². The quantitative estimate of drug-likeness (QED) is 0.328. The standard InChI is InChI=1S/C14H31O3P.H3N/c1-2-3-4-5-6-7-8-9-10-11-12-13-14-18(15,16)17;/h2-14H2,1H3,(H2,15,16,17);1H3. The van der Waals surface area contributed by atoms with E-state index in [2.05, 4.69) is 6.92 Å². The van der Waals surface area contributed by atoms with E-state index in [1.807, 2.05) is 0 Å². The third kappa shape index (κ3) is 20.6. The van der Waals surface area contributed by atoms with Crippen LogP contribution in [-0.4, -0.2) is 15.9 Å². The Morgan fingerprint density at radius 2 is 1.00 bits per heavy atom. The Morgan fingerprint density at radius 1 is 0.684 bits per heavy atom. The maximum Gasteiger partial charge on any atom is 0.325 e. The summed E-state index contributed by atoms with van der Waals surface area (Å²) in [6.45, 7) is 2.24. The Kier molecular flexibility index (Phi) is 16.4. The van der Waals surface area contributed by atoms with Crippen molar-refractivity contribution < 1.29 is 14.4 Å². The molecule has 0 aliphatic carbocycles. The molecule has 0 rings (SSSR count). The number of rotatable bonds is 13. The van der Waals surface area contributed by atoms with Gasteiger partial charge in [-0.25, -0.2) is 0 Å². The van der Waals surface area contributed by atoms with Crippen LogP contribution in [0.1, 0.15) is 84.0 Å². The van der Waals surface area contributed by atoms with Gasteiger partial charge in [-0.3, -0.25) is 4.57 Å². The molecule has 0 aliphatic heterocycles. The molecule has 5 heteroatoms. The zero-order valence-corrected chi connectivity index (χ0v) is 13.5. The van der Waals surface area contributed by atoms with E-state index < -0.39 is 7.60 Å². The van der Waals surface area contributed by atoms with Crippen molar-refractivity contribution >= 4 is 7.60 Å². The fourth-order valence-corrected chi connectivity index (χ4v) is 2.79. The van der Waals surface area contributed by atoms with Crippen molar-refractivity contribution in [3.05, 3.63) is 0 Å². The van der Waals surface area contributed by atoms with Crippen molar-refractivity contribution in [3.63, 3.8) is 0 Å². The van der Waals surface area contributed by atoms with E-state index in [-0.39, 0.29) is 12.3 Å². The van der Waals surface area contributed by atoms with Crippen LogP contribution in [-0.2, 0) is 4.57 Å². The van der Waals surface area contributed by atoms with Gasteiger partial charge in [-0.2, -0.15) is 0 Å². The number of unbranched alkanes of at least 4 members (excludes halogenated alkanes) is 11. The molecule has 0 heterocycles. The van der Waals surface area contributed by atoms with Gasteiger partial charge in [0.15, 0.2) is 0 Å². The van der Waals surface area contributed by atoms with Crippen molar-refractivity contribution in [2.75, 3.05) is 6.16 Å². The van der Waals surface area contributed by atoms with Crippen LogP contribution in [0.15, 0.2) is 0 Å². The molecule has 0 aromatic heterocycles. The number of hydrogen-bond donors (Lipinski definition) is 3. The van der Waals surface area contributed by atoms with Crippen LogP contribution in [0.5, 0.6) is 0 Å². The first kappa shape index (κ1) is 21.4. The first-order valence-corrected chi connectivity index (χ1v) is 9.40. The monoisotopic (exact) mass is 295 g/mol. The molecule has 0 aromatic rings. The topological polar surface area (TPSA) is 92.5 Å². The minimum Gasteiger partial charge on any atom is -0.344 e. The van der Waals surface area contributed by atoms with Gasteiger partial charge < -0.3 is 15.9 Å². The zero-order valence-electron chi connectivity index (χ0n) is 12.6. The van der Waals surface area contributed by atoms with Gasteiger partial charge in [0.1, 0.15) is 0 Å². The SMILES string of the molecule is CCCCCCCCCCCCCCP(=O)(O)O.N. The van der Waals surface area contributed by atoms with Gasteiger partial charge >= 0.3 is 7.60 Å². The van der Waals surface area contributed by atoms with E-state index in [1.54, 1.807) is 0 Å². The van der Waals surface area contributed by atoms with Crippen LogP contribution >= 0.6 is 7.60 Å². The third-order valence-corrected chi connectivity index (χ3v) is 4.20. The minimum absolute atomic E-state index is 0. The van der Waals surface area contributed by atoms with Gasteiger partial charge in [-0.1, -0.05) is 77.6 Å². The molecule has 4 nitrogen and oxygen atoms in total. The molecule has 0 aliphatic rings. The van der Waals surface area contributed by atoms with Crippen LogP contribution in [0, 0.1) is 0 Å². The lowest BCUT2D eigenvalue weighted by molar-refractivity contribution is 0.370. The van der Waals surface area contributed by atoms with Crippen molar-refractivity contribution in [2.45, 2.75) is 84.0 Å². The Labute approximate surface area is 119 Å². The second-order valence-corrected chi connectivity index (χ2v) is 7.05. The molecule has 0 saturated carbocycles. The van der Waals surface area contributed by atoms with Crippen LogP contribution in [0.3, 0.4) is 0 Å². The lowest BCUT2D eigenvalue weighted by Gasteiger charge is -2.04. The summed E-state index contributed by atoms with van der Waals surface area (Å²) in [6.07, 6.45) is 14.8. The summed E-state index contributed by atoms with van der Waals surface area (Å²) in [6, 6.07) is 0.